The lowest BCUT2D eigenvalue weighted by Gasteiger charge is -2.23. The summed E-state index contributed by atoms with van der Waals surface area (Å²) in [5.41, 5.74) is 4.02. The van der Waals surface area contributed by atoms with Crippen molar-refractivity contribution in [3.05, 3.63) is 63.5 Å². The monoisotopic (exact) mass is 378 g/mol. The van der Waals surface area contributed by atoms with Crippen molar-refractivity contribution in [1.82, 2.24) is 9.38 Å². The first-order valence-corrected chi connectivity index (χ1v) is 8.84. The molecule has 0 aliphatic heterocycles. The summed E-state index contributed by atoms with van der Waals surface area (Å²) in [7, 11) is 6.51. The maximum absolute atomic E-state index is 6.07. The van der Waals surface area contributed by atoms with Crippen molar-refractivity contribution in [1.29, 1.82) is 0 Å². The molecule has 3 aromatic rings. The van der Waals surface area contributed by atoms with Crippen molar-refractivity contribution in [3.8, 4) is 5.75 Å². The average Bonchev–Trinajstić information content (AvgIpc) is 2.84. The van der Waals surface area contributed by atoms with Gasteiger partial charge >= 0.3 is 0 Å². The van der Waals surface area contributed by atoms with Crippen LogP contribution in [0.15, 0.2) is 36.5 Å². The molecule has 3 rings (SSSR count). The van der Waals surface area contributed by atoms with E-state index in [1.165, 1.54) is 5.69 Å². The standard InChI is InChI=1S/C19H22Cl2N3O/c1-13-17(11-24(2,3)4)23-9-5-6-18(19(23)22-13)25-12-14-7-8-15(20)16(21)10-14/h5-10H,11-12H2,1-4H3/q+1. The molecule has 0 radical (unpaired) electrons. The lowest BCUT2D eigenvalue weighted by atomic mass is 10.2. The fraction of sp³-hybridized carbons (Fsp3) is 0.316. The third-order valence-electron chi connectivity index (χ3n) is 3.92. The number of benzene rings is 1. The molecule has 6 heteroatoms. The number of hydrogen-bond donors (Lipinski definition) is 0. The van der Waals surface area contributed by atoms with Gasteiger partial charge in [-0.2, -0.15) is 0 Å². The van der Waals surface area contributed by atoms with Gasteiger partial charge in [0, 0.05) is 6.20 Å². The fourth-order valence-corrected chi connectivity index (χ4v) is 3.07. The van der Waals surface area contributed by atoms with Gasteiger partial charge in [0.2, 0.25) is 0 Å². The molecule has 0 amide bonds. The zero-order valence-corrected chi connectivity index (χ0v) is 16.4. The summed E-state index contributed by atoms with van der Waals surface area (Å²) in [6.45, 7) is 3.34. The first kappa shape index (κ1) is 18.1. The summed E-state index contributed by atoms with van der Waals surface area (Å²) < 4.78 is 8.96. The number of ether oxygens (including phenoxy) is 1. The summed E-state index contributed by atoms with van der Waals surface area (Å²) in [6.07, 6.45) is 2.03. The molecule has 132 valence electrons. The van der Waals surface area contributed by atoms with Gasteiger partial charge in [0.25, 0.3) is 0 Å². The molecule has 2 heterocycles. The minimum Gasteiger partial charge on any atom is -0.485 e. The number of hydrogen-bond acceptors (Lipinski definition) is 2. The average molecular weight is 379 g/mol. The SMILES string of the molecule is Cc1nc2c(OCc3ccc(Cl)c(Cl)c3)cccn2c1C[N+](C)(C)C. The lowest BCUT2D eigenvalue weighted by molar-refractivity contribution is -0.884. The molecule has 0 N–H and O–H groups in total. The Morgan fingerprint density at radius 2 is 1.88 bits per heavy atom. The Morgan fingerprint density at radius 1 is 1.12 bits per heavy atom. The highest BCUT2D eigenvalue weighted by atomic mass is 35.5. The molecule has 0 fully saturated rings. The quantitative estimate of drug-likeness (QED) is 0.599. The molecule has 0 saturated carbocycles. The van der Waals surface area contributed by atoms with E-state index in [1.54, 1.807) is 6.07 Å². The highest BCUT2D eigenvalue weighted by Crippen LogP contribution is 2.26. The van der Waals surface area contributed by atoms with E-state index in [0.29, 0.717) is 16.7 Å². The van der Waals surface area contributed by atoms with Gasteiger partial charge in [-0.1, -0.05) is 29.3 Å². The summed E-state index contributed by atoms with van der Waals surface area (Å²) >= 11 is 12.0. The highest BCUT2D eigenvalue weighted by Gasteiger charge is 2.18. The molecule has 0 bridgehead atoms. The number of halogens is 2. The number of rotatable bonds is 5. The molecule has 0 aliphatic rings. The third kappa shape index (κ3) is 4.09. The minimum absolute atomic E-state index is 0.410. The van der Waals surface area contributed by atoms with E-state index in [1.807, 2.05) is 37.4 Å². The second-order valence-corrected chi connectivity index (χ2v) is 8.01. The molecule has 1 aromatic carbocycles. The summed E-state index contributed by atoms with van der Waals surface area (Å²) in [5, 5.41) is 1.07. The number of imidazole rings is 1. The largest absolute Gasteiger partial charge is 0.485 e. The molecule has 25 heavy (non-hydrogen) atoms. The van der Waals surface area contributed by atoms with Crippen molar-refractivity contribution in [2.24, 2.45) is 0 Å². The first-order chi connectivity index (χ1) is 11.7. The van der Waals surface area contributed by atoms with E-state index in [9.17, 15) is 0 Å². The van der Waals surface area contributed by atoms with E-state index in [0.717, 1.165) is 33.7 Å². The molecule has 0 unspecified atom stereocenters. The Balaban J connectivity index is 1.89. The van der Waals surface area contributed by atoms with Crippen LogP contribution in [0.25, 0.3) is 5.65 Å². The summed E-state index contributed by atoms with van der Waals surface area (Å²) in [5.74, 6) is 0.754. The van der Waals surface area contributed by atoms with E-state index >= 15 is 0 Å². The number of quaternary nitrogens is 1. The molecular formula is C19H22Cl2N3O+. The molecule has 4 nitrogen and oxygen atoms in total. The summed E-state index contributed by atoms with van der Waals surface area (Å²) in [6, 6.07) is 9.44. The Morgan fingerprint density at radius 3 is 2.56 bits per heavy atom. The molecule has 0 saturated heterocycles. The highest BCUT2D eigenvalue weighted by molar-refractivity contribution is 6.42. The maximum atomic E-state index is 6.07. The first-order valence-electron chi connectivity index (χ1n) is 8.08. The Labute approximate surface area is 158 Å². The second kappa shape index (κ2) is 6.87. The Bertz CT molecular complexity index is 913. The summed E-state index contributed by atoms with van der Waals surface area (Å²) in [4.78, 5) is 4.72. The van der Waals surface area contributed by atoms with Crippen LogP contribution in [0.3, 0.4) is 0 Å². The van der Waals surface area contributed by atoms with E-state index in [2.05, 4.69) is 25.5 Å². The van der Waals surface area contributed by atoms with Crippen LogP contribution in [0.2, 0.25) is 10.0 Å². The third-order valence-corrected chi connectivity index (χ3v) is 4.65. The number of pyridine rings is 1. The van der Waals surface area contributed by atoms with Crippen molar-refractivity contribution in [2.75, 3.05) is 21.1 Å². The van der Waals surface area contributed by atoms with E-state index < -0.39 is 0 Å². The van der Waals surface area contributed by atoms with Gasteiger partial charge in [0.1, 0.15) is 18.8 Å². The van der Waals surface area contributed by atoms with Crippen LogP contribution in [-0.4, -0.2) is 35.0 Å². The number of aryl methyl sites for hydroxylation is 1. The number of nitrogens with zero attached hydrogens (tertiary/aromatic N) is 3. The van der Waals surface area contributed by atoms with Gasteiger partial charge < -0.3 is 9.22 Å². The zero-order valence-electron chi connectivity index (χ0n) is 14.9. The van der Waals surface area contributed by atoms with Crippen LogP contribution in [0.4, 0.5) is 0 Å². The predicted octanol–water partition coefficient (Wildman–Crippen LogP) is 4.73. The van der Waals surface area contributed by atoms with Crippen LogP contribution in [0.1, 0.15) is 17.0 Å². The van der Waals surface area contributed by atoms with Crippen molar-refractivity contribution in [2.45, 2.75) is 20.1 Å². The van der Waals surface area contributed by atoms with Gasteiger partial charge in [0.15, 0.2) is 11.4 Å². The van der Waals surface area contributed by atoms with Gasteiger partial charge in [0.05, 0.1) is 36.9 Å². The second-order valence-electron chi connectivity index (χ2n) is 7.20. The van der Waals surface area contributed by atoms with Crippen LogP contribution in [0, 0.1) is 6.92 Å². The van der Waals surface area contributed by atoms with Crippen molar-refractivity contribution < 1.29 is 9.22 Å². The van der Waals surface area contributed by atoms with Crippen molar-refractivity contribution >= 4 is 28.8 Å². The van der Waals surface area contributed by atoms with E-state index in [-0.39, 0.29) is 0 Å². The molecule has 0 aliphatic carbocycles. The predicted molar refractivity (Wildman–Crippen MR) is 102 cm³/mol. The smallest absolute Gasteiger partial charge is 0.180 e. The van der Waals surface area contributed by atoms with Crippen molar-refractivity contribution in [3.63, 3.8) is 0 Å². The van der Waals surface area contributed by atoms with Gasteiger partial charge in [-0.05, 0) is 36.8 Å². The van der Waals surface area contributed by atoms with Crippen LogP contribution >= 0.6 is 23.2 Å². The van der Waals surface area contributed by atoms with Gasteiger partial charge in [-0.3, -0.25) is 4.40 Å². The Kier molecular flexibility index (Phi) is 4.96. The van der Waals surface area contributed by atoms with Gasteiger partial charge in [-0.15, -0.1) is 0 Å². The molecular weight excluding hydrogens is 357 g/mol. The zero-order chi connectivity index (χ0) is 18.2. The van der Waals surface area contributed by atoms with Gasteiger partial charge in [-0.25, -0.2) is 4.98 Å². The number of aromatic nitrogens is 2. The topological polar surface area (TPSA) is 26.5 Å². The molecule has 0 atom stereocenters. The normalized spacial score (nSPS) is 11.9. The van der Waals surface area contributed by atoms with Crippen LogP contribution < -0.4 is 4.74 Å². The lowest BCUT2D eigenvalue weighted by Crippen LogP contribution is -2.34. The minimum atomic E-state index is 0.410. The van der Waals surface area contributed by atoms with Crippen LogP contribution in [0.5, 0.6) is 5.75 Å². The maximum Gasteiger partial charge on any atom is 0.180 e. The number of fused-ring (bicyclic) bond motifs is 1. The van der Waals surface area contributed by atoms with Crippen LogP contribution in [-0.2, 0) is 13.2 Å². The Hall–Kier alpha value is -1.75. The molecule has 0 spiro atoms. The molecule has 2 aromatic heterocycles. The van der Waals surface area contributed by atoms with E-state index in [4.69, 9.17) is 32.9 Å². The fourth-order valence-electron chi connectivity index (χ4n) is 2.75.